The summed E-state index contributed by atoms with van der Waals surface area (Å²) in [5.74, 6) is 0.318. The Hall–Kier alpha value is -3.53. The topological polar surface area (TPSA) is 88.0 Å². The Kier molecular flexibility index (Phi) is 11.9. The number of carbonyl (C=O) groups is 2. The first-order valence-corrected chi connectivity index (χ1v) is 25.8. The molecule has 1 saturated heterocycles. The number of nitrogens with zero attached hydrogens (tertiary/aromatic N) is 5. The van der Waals surface area contributed by atoms with Gasteiger partial charge in [0.2, 0.25) is 0 Å². The summed E-state index contributed by atoms with van der Waals surface area (Å²) in [7, 11) is -3.93. The number of anilines is 1. The van der Waals surface area contributed by atoms with Gasteiger partial charge in [-0.25, -0.2) is 9.59 Å². The van der Waals surface area contributed by atoms with Crippen LogP contribution in [0.3, 0.4) is 0 Å². The van der Waals surface area contributed by atoms with Gasteiger partial charge in [0.05, 0.1) is 34.2 Å². The van der Waals surface area contributed by atoms with Crippen molar-refractivity contribution in [3.63, 3.8) is 0 Å². The number of aromatic nitrogens is 2. The highest BCUT2D eigenvalue weighted by Crippen LogP contribution is 2.56. The molecule has 4 aromatic rings. The Morgan fingerprint density at radius 3 is 2.13 bits per heavy atom. The van der Waals surface area contributed by atoms with Crippen molar-refractivity contribution in [1.82, 2.24) is 19.4 Å². The van der Waals surface area contributed by atoms with Gasteiger partial charge in [-0.05, 0) is 81.1 Å². The molecule has 1 unspecified atom stereocenters. The van der Waals surface area contributed by atoms with Gasteiger partial charge in [0, 0.05) is 56.5 Å². The van der Waals surface area contributed by atoms with E-state index in [1.807, 2.05) is 43.0 Å². The molecule has 16 heteroatoms. The fourth-order valence-electron chi connectivity index (χ4n) is 10.5. The number of halogens is 4. The van der Waals surface area contributed by atoms with Crippen LogP contribution in [0.5, 0.6) is 0 Å². The second kappa shape index (κ2) is 16.0. The second-order valence-corrected chi connectivity index (χ2v) is 28.9. The Morgan fingerprint density at radius 2 is 1.57 bits per heavy atom. The Bertz CT molecular complexity index is 2360. The second-order valence-electron chi connectivity index (χ2n) is 18.7. The molecular weight excluding hydrogens is 847 g/mol. The van der Waals surface area contributed by atoms with E-state index in [2.05, 4.69) is 46.5 Å². The fourth-order valence-corrected chi connectivity index (χ4v) is 25.0. The van der Waals surface area contributed by atoms with Crippen molar-refractivity contribution in [1.29, 1.82) is 0 Å². The van der Waals surface area contributed by atoms with Gasteiger partial charge < -0.3 is 14.5 Å². The fraction of sp³-hybridized carbons (Fsp3) is 0.545. The summed E-state index contributed by atoms with van der Waals surface area (Å²) >= 11 is 8.95. The van der Waals surface area contributed by atoms with E-state index < -0.39 is 66.2 Å². The molecule has 0 saturated carbocycles. The first-order chi connectivity index (χ1) is 27.9. The summed E-state index contributed by atoms with van der Waals surface area (Å²) in [6.45, 7) is 23.5. The summed E-state index contributed by atoms with van der Waals surface area (Å²) in [6.07, 6.45) is -5.20. The predicted octanol–water partition coefficient (Wildman–Crippen LogP) is 10.3. The van der Waals surface area contributed by atoms with E-state index in [1.54, 1.807) is 48.0 Å². The number of thiophene rings is 1. The molecule has 326 valence electrons. The SMILES string of the molecule is CC(C)[Si](c1sc([SH]2C[C@@H](N3Cc4ccccc4C3=O)Cn3c(=O)nc(N4C[C@@H](C)N(C(=O)OC(C)(C)C)[C@@H](C)C4)c4cc(C(F)(F)F)cc2c43)cc1Cl)(C(C)C)C(C)C. The van der Waals surface area contributed by atoms with Crippen molar-refractivity contribution in [3.05, 3.63) is 74.7 Å². The minimum atomic E-state index is -4.72. The first-order valence-electron chi connectivity index (χ1n) is 20.8. The molecule has 0 bridgehead atoms. The zero-order chi connectivity index (χ0) is 44.0. The molecule has 2 amide bonds. The van der Waals surface area contributed by atoms with Crippen molar-refractivity contribution in [2.24, 2.45) is 0 Å². The van der Waals surface area contributed by atoms with Crippen LogP contribution < -0.4 is 15.1 Å². The maximum atomic E-state index is 15.2. The van der Waals surface area contributed by atoms with Crippen LogP contribution >= 0.6 is 33.8 Å². The van der Waals surface area contributed by atoms with Crippen LogP contribution in [-0.2, 0) is 24.0 Å². The van der Waals surface area contributed by atoms with Crippen LogP contribution in [0.2, 0.25) is 21.6 Å². The van der Waals surface area contributed by atoms with E-state index >= 15 is 13.2 Å². The molecule has 0 spiro atoms. The quantitative estimate of drug-likeness (QED) is 0.147. The summed E-state index contributed by atoms with van der Waals surface area (Å²) in [4.78, 5) is 52.3. The lowest BCUT2D eigenvalue weighted by Gasteiger charge is -2.45. The van der Waals surface area contributed by atoms with Crippen LogP contribution in [0.1, 0.15) is 97.6 Å². The number of hydrogen-bond acceptors (Lipinski definition) is 7. The highest BCUT2D eigenvalue weighted by atomic mass is 35.5. The Labute approximate surface area is 363 Å². The number of hydrogen-bond donors (Lipinski definition) is 1. The summed E-state index contributed by atoms with van der Waals surface area (Å²) in [6, 6.07) is 10.4. The maximum absolute atomic E-state index is 15.2. The van der Waals surface area contributed by atoms with Crippen molar-refractivity contribution >= 4 is 75.1 Å². The molecule has 3 aliphatic rings. The minimum Gasteiger partial charge on any atom is -0.444 e. The average Bonchev–Trinajstić information content (AvgIpc) is 3.61. The first kappa shape index (κ1) is 44.5. The normalized spacial score (nSPS) is 22.0. The third kappa shape index (κ3) is 7.67. The molecule has 4 atom stereocenters. The van der Waals surface area contributed by atoms with Crippen molar-refractivity contribution in [2.45, 2.75) is 145 Å². The molecule has 0 radical (unpaired) electrons. The zero-order valence-electron chi connectivity index (χ0n) is 36.3. The monoisotopic (exact) mass is 903 g/mol. The van der Waals surface area contributed by atoms with E-state index in [9.17, 15) is 14.4 Å². The maximum Gasteiger partial charge on any atom is 0.416 e. The van der Waals surface area contributed by atoms with Gasteiger partial charge in [0.25, 0.3) is 5.91 Å². The number of thiol groups is 1. The molecular formula is C44H57ClF3N5O4S2Si. The van der Waals surface area contributed by atoms with Gasteiger partial charge >= 0.3 is 18.0 Å². The molecule has 2 aromatic carbocycles. The largest absolute Gasteiger partial charge is 0.444 e. The number of benzene rings is 2. The highest BCUT2D eigenvalue weighted by molar-refractivity contribution is 8.18. The Balaban J connectivity index is 1.46. The number of alkyl halides is 3. The summed E-state index contributed by atoms with van der Waals surface area (Å²) < 4.78 is 54.9. The lowest BCUT2D eigenvalue weighted by atomic mass is 10.1. The molecule has 1 fully saturated rings. The minimum absolute atomic E-state index is 0.0629. The van der Waals surface area contributed by atoms with Gasteiger partial charge in [0.15, 0.2) is 0 Å². The summed E-state index contributed by atoms with van der Waals surface area (Å²) in [5.41, 5.74) is 0.719. The van der Waals surface area contributed by atoms with Gasteiger partial charge in [-0.15, -0.1) is 11.3 Å². The van der Waals surface area contributed by atoms with Crippen LogP contribution in [0.25, 0.3) is 10.9 Å². The van der Waals surface area contributed by atoms with E-state index in [1.165, 1.54) is 10.6 Å². The molecule has 0 N–H and O–H groups in total. The van der Waals surface area contributed by atoms with Crippen LogP contribution in [0, 0.1) is 0 Å². The van der Waals surface area contributed by atoms with Crippen molar-refractivity contribution in [2.75, 3.05) is 23.7 Å². The van der Waals surface area contributed by atoms with Crippen molar-refractivity contribution in [3.8, 4) is 0 Å². The molecule has 60 heavy (non-hydrogen) atoms. The molecule has 3 aliphatic heterocycles. The van der Waals surface area contributed by atoms with E-state index in [4.69, 9.17) is 16.3 Å². The smallest absolute Gasteiger partial charge is 0.416 e. The predicted molar refractivity (Wildman–Crippen MR) is 241 cm³/mol. The lowest BCUT2D eigenvalue weighted by Crippen LogP contribution is -2.59. The lowest BCUT2D eigenvalue weighted by molar-refractivity contribution is -0.137. The number of amides is 2. The van der Waals surface area contributed by atoms with E-state index in [0.717, 1.165) is 20.3 Å². The highest BCUT2D eigenvalue weighted by Gasteiger charge is 2.48. The van der Waals surface area contributed by atoms with E-state index in [-0.39, 0.29) is 36.7 Å². The number of ether oxygens (including phenoxy) is 1. The number of carbonyl (C=O) groups excluding carboxylic acids is 2. The standard InChI is InChI=1S/C44H57ClF3N5O4S2Si/c1-24(2)60(25(3)4,26(5)6)40-34(45)18-36(58-40)59-23-31(51-21-29-14-12-13-15-32(29)39(51)54)22-52-37-33(16-30(17-35(37)59)44(46,47)48)38(49-41(52)55)50-19-27(7)53(28(8)20-50)42(56)57-43(9,10)11/h12-18,24-28,31,59H,19-23H2,1-11H3/t27-,28+,31-/m0/s1. The van der Waals surface area contributed by atoms with Crippen LogP contribution in [-0.4, -0.2) is 82.0 Å². The average molecular weight is 905 g/mol. The zero-order valence-corrected chi connectivity index (χ0v) is 39.7. The molecule has 0 aliphatic carbocycles. The molecule has 7 rings (SSSR count). The summed E-state index contributed by atoms with van der Waals surface area (Å²) in [5, 5.41) is 0.861. The van der Waals surface area contributed by atoms with Crippen LogP contribution in [0.4, 0.5) is 23.8 Å². The Morgan fingerprint density at radius 1 is 0.950 bits per heavy atom. The molecule has 2 aromatic heterocycles. The third-order valence-electron chi connectivity index (χ3n) is 12.7. The van der Waals surface area contributed by atoms with Gasteiger partial charge in [-0.1, -0.05) is 71.3 Å². The molecule has 9 nitrogen and oxygen atoms in total. The molecule has 5 heterocycles. The van der Waals surface area contributed by atoms with Gasteiger partial charge in [0.1, 0.15) is 19.5 Å². The van der Waals surface area contributed by atoms with Gasteiger partial charge in [-0.2, -0.15) is 29.1 Å². The number of fused-ring (bicyclic) bond motifs is 1. The van der Waals surface area contributed by atoms with Crippen LogP contribution in [0.15, 0.2) is 56.4 Å². The number of piperazine rings is 1. The van der Waals surface area contributed by atoms with Gasteiger partial charge in [-0.3, -0.25) is 14.3 Å². The van der Waals surface area contributed by atoms with E-state index in [0.29, 0.717) is 49.9 Å². The van der Waals surface area contributed by atoms with Crippen molar-refractivity contribution < 1.29 is 27.5 Å². The third-order valence-corrected chi connectivity index (χ3v) is 25.5. The number of rotatable bonds is 7.